The van der Waals surface area contributed by atoms with Crippen LogP contribution in [0.1, 0.15) is 40.0 Å². The number of amides is 1. The van der Waals surface area contributed by atoms with E-state index in [1.807, 2.05) is 6.92 Å². The molecule has 1 saturated carbocycles. The van der Waals surface area contributed by atoms with Crippen LogP contribution in [0.25, 0.3) is 0 Å². The lowest BCUT2D eigenvalue weighted by Crippen LogP contribution is -2.70. The van der Waals surface area contributed by atoms with Crippen LogP contribution in [-0.4, -0.2) is 73.1 Å². The summed E-state index contributed by atoms with van der Waals surface area (Å²) in [5.74, 6) is -1.51. The van der Waals surface area contributed by atoms with E-state index in [1.165, 1.54) is 16.7 Å². The number of hydrogen-bond donors (Lipinski definition) is 4. The number of likely N-dealkylation sites (tertiary alicyclic amines) is 1. The molecule has 0 aromatic carbocycles. The molecule has 154 valence electrons. The van der Waals surface area contributed by atoms with Gasteiger partial charge < -0.3 is 20.8 Å². The van der Waals surface area contributed by atoms with Gasteiger partial charge in [-0.05, 0) is 45.2 Å². The van der Waals surface area contributed by atoms with Crippen LogP contribution in [0.4, 0.5) is 0 Å². The van der Waals surface area contributed by atoms with Crippen LogP contribution in [0, 0.1) is 16.7 Å². The summed E-state index contributed by atoms with van der Waals surface area (Å²) in [5, 5.41) is 28.0. The minimum absolute atomic E-state index is 0.0127. The minimum Gasteiger partial charge on any atom is -0.477 e. The molecule has 3 fully saturated rings. The van der Waals surface area contributed by atoms with Crippen LogP contribution in [0.3, 0.4) is 0 Å². The smallest absolute Gasteiger partial charge is 0.352 e. The van der Waals surface area contributed by atoms with Crippen molar-refractivity contribution in [1.29, 1.82) is 5.41 Å². The number of hydrogen-bond acceptors (Lipinski definition) is 6. The number of nitrogens with one attached hydrogen (secondary N) is 1. The minimum atomic E-state index is -1.08. The van der Waals surface area contributed by atoms with Gasteiger partial charge in [-0.1, -0.05) is 18.7 Å². The van der Waals surface area contributed by atoms with Crippen molar-refractivity contribution in [2.75, 3.05) is 13.1 Å². The highest BCUT2D eigenvalue weighted by Crippen LogP contribution is 2.58. The van der Waals surface area contributed by atoms with Crippen molar-refractivity contribution in [2.24, 2.45) is 17.1 Å². The lowest BCUT2D eigenvalue weighted by atomic mass is 9.65. The molecule has 0 bridgehead atoms. The summed E-state index contributed by atoms with van der Waals surface area (Å²) in [6.45, 7) is 6.69. The molecule has 4 rings (SSSR count). The van der Waals surface area contributed by atoms with Gasteiger partial charge >= 0.3 is 5.97 Å². The number of thioether (sulfide) groups is 1. The van der Waals surface area contributed by atoms with Crippen LogP contribution in [0.5, 0.6) is 0 Å². The molecule has 3 aliphatic heterocycles. The third-order valence-electron chi connectivity index (χ3n) is 7.49. The highest BCUT2D eigenvalue weighted by atomic mass is 32.2. The van der Waals surface area contributed by atoms with E-state index < -0.39 is 17.5 Å². The summed E-state index contributed by atoms with van der Waals surface area (Å²) in [5.41, 5.74) is 5.48. The zero-order valence-corrected chi connectivity index (χ0v) is 17.3. The van der Waals surface area contributed by atoms with E-state index >= 15 is 0 Å². The first-order chi connectivity index (χ1) is 13.1. The number of nitrogens with zero attached hydrogens (tertiary/aromatic N) is 2. The molecule has 9 heteroatoms. The van der Waals surface area contributed by atoms with Crippen molar-refractivity contribution in [1.82, 2.24) is 9.80 Å². The van der Waals surface area contributed by atoms with Crippen LogP contribution in [-0.2, 0) is 9.59 Å². The van der Waals surface area contributed by atoms with E-state index in [-0.39, 0.29) is 39.5 Å². The van der Waals surface area contributed by atoms with E-state index in [2.05, 4.69) is 4.90 Å². The van der Waals surface area contributed by atoms with Crippen LogP contribution in [0.15, 0.2) is 11.3 Å². The molecule has 1 spiro atoms. The highest BCUT2D eigenvalue weighted by molar-refractivity contribution is 8.14. The maximum atomic E-state index is 12.8. The largest absolute Gasteiger partial charge is 0.477 e. The lowest BCUT2D eigenvalue weighted by molar-refractivity contribution is -0.181. The number of carbonyl (C=O) groups is 2. The van der Waals surface area contributed by atoms with E-state index in [1.54, 1.807) is 13.8 Å². The summed E-state index contributed by atoms with van der Waals surface area (Å²) < 4.78 is 0. The van der Waals surface area contributed by atoms with Crippen molar-refractivity contribution in [3.8, 4) is 0 Å². The first-order valence-electron chi connectivity index (χ1n) is 9.79. The molecule has 2 saturated heterocycles. The quantitative estimate of drug-likeness (QED) is 0.301. The molecule has 6 atom stereocenters. The standard InChI is InChI=1S/C19H28N4O4S/c1-9-11(8-22-6-4-5-19(22)7-12(19)28-17(20)21)13(15(25)26)23-14(9)18(3,10(2)24)16(23)27/h9-10,12,14,24H,4-8H2,1-3H3,(H3,20,21)(H,25,26)/t9-,10+,12?,14+,18+,19?/m0/s1. The van der Waals surface area contributed by atoms with Gasteiger partial charge in [0.05, 0.1) is 17.6 Å². The Kier molecular flexibility index (Phi) is 4.37. The van der Waals surface area contributed by atoms with E-state index in [0.717, 1.165) is 31.4 Å². The second kappa shape index (κ2) is 6.21. The van der Waals surface area contributed by atoms with Gasteiger partial charge in [0.2, 0.25) is 5.91 Å². The van der Waals surface area contributed by atoms with Crippen molar-refractivity contribution in [3.63, 3.8) is 0 Å². The Morgan fingerprint density at radius 1 is 1.50 bits per heavy atom. The fourth-order valence-corrected chi connectivity index (χ4v) is 6.87. The van der Waals surface area contributed by atoms with Crippen molar-refractivity contribution < 1.29 is 19.8 Å². The lowest BCUT2D eigenvalue weighted by Gasteiger charge is -2.54. The van der Waals surface area contributed by atoms with Gasteiger partial charge in [0.25, 0.3) is 0 Å². The van der Waals surface area contributed by atoms with Gasteiger partial charge in [0.1, 0.15) is 5.70 Å². The van der Waals surface area contributed by atoms with Gasteiger partial charge in [-0.15, -0.1) is 0 Å². The van der Waals surface area contributed by atoms with Crippen LogP contribution in [0.2, 0.25) is 0 Å². The number of carboxylic acids is 1. The topological polar surface area (TPSA) is 131 Å². The number of amidine groups is 1. The monoisotopic (exact) mass is 408 g/mol. The molecule has 0 radical (unpaired) electrons. The first kappa shape index (κ1) is 19.7. The fourth-order valence-electron chi connectivity index (χ4n) is 5.71. The van der Waals surface area contributed by atoms with Gasteiger partial charge in [-0.2, -0.15) is 0 Å². The van der Waals surface area contributed by atoms with E-state index in [0.29, 0.717) is 6.54 Å². The molecular formula is C19H28N4O4S. The number of carboxylic acid groups (broad SMARTS) is 1. The summed E-state index contributed by atoms with van der Waals surface area (Å²) in [6.07, 6.45) is 2.19. The number of β-lactam (4-membered cyclic amide) rings is 1. The molecule has 3 heterocycles. The Balaban J connectivity index is 1.62. The summed E-state index contributed by atoms with van der Waals surface area (Å²) in [6, 6.07) is -0.318. The van der Waals surface area contributed by atoms with Gasteiger partial charge in [0.15, 0.2) is 5.17 Å². The third kappa shape index (κ3) is 2.42. The van der Waals surface area contributed by atoms with Crippen molar-refractivity contribution in [2.45, 2.75) is 63.0 Å². The van der Waals surface area contributed by atoms with Gasteiger partial charge in [-0.25, -0.2) is 4.79 Å². The van der Waals surface area contributed by atoms with E-state index in [4.69, 9.17) is 11.1 Å². The normalized spacial score (nSPS) is 40.6. The molecule has 8 nitrogen and oxygen atoms in total. The molecule has 0 aromatic rings. The predicted molar refractivity (Wildman–Crippen MR) is 106 cm³/mol. The molecule has 2 unspecified atom stereocenters. The molecule has 1 aliphatic carbocycles. The highest BCUT2D eigenvalue weighted by Gasteiger charge is 2.68. The summed E-state index contributed by atoms with van der Waals surface area (Å²) >= 11 is 1.39. The number of rotatable bonds is 5. The molecule has 28 heavy (non-hydrogen) atoms. The number of aliphatic hydroxyl groups excluding tert-OH is 1. The Bertz CT molecular complexity index is 799. The Morgan fingerprint density at radius 2 is 2.18 bits per heavy atom. The zero-order valence-electron chi connectivity index (χ0n) is 16.4. The molecule has 4 aliphatic rings. The summed E-state index contributed by atoms with van der Waals surface area (Å²) in [7, 11) is 0. The molecule has 5 N–H and O–H groups in total. The molecule has 1 amide bonds. The SMILES string of the molecule is C[C@H]1C(CN2CCCC23CC3SC(=N)N)=C(C(=O)O)N2C(=O)[C@](C)([C@@H](C)O)[C@@H]12. The Hall–Kier alpha value is -1.58. The average molecular weight is 409 g/mol. The average Bonchev–Trinajstić information content (AvgIpc) is 3.00. The Morgan fingerprint density at radius 3 is 2.75 bits per heavy atom. The van der Waals surface area contributed by atoms with Crippen LogP contribution < -0.4 is 5.73 Å². The number of fused-ring (bicyclic) bond motifs is 1. The third-order valence-corrected chi connectivity index (χ3v) is 8.63. The van der Waals surface area contributed by atoms with Crippen molar-refractivity contribution >= 4 is 28.8 Å². The number of aliphatic carboxylic acids is 1. The predicted octanol–water partition coefficient (Wildman–Crippen LogP) is 0.806. The number of nitrogens with two attached hydrogens (primary N) is 1. The molecular weight excluding hydrogens is 380 g/mol. The summed E-state index contributed by atoms with van der Waals surface area (Å²) in [4.78, 5) is 28.6. The van der Waals surface area contributed by atoms with Crippen LogP contribution >= 0.6 is 11.8 Å². The second-order valence-electron chi connectivity index (χ2n) is 8.85. The maximum Gasteiger partial charge on any atom is 0.352 e. The first-order valence-corrected chi connectivity index (χ1v) is 10.7. The second-order valence-corrected chi connectivity index (χ2v) is 10.1. The number of aliphatic hydroxyl groups is 1. The number of carbonyl (C=O) groups excluding carboxylic acids is 1. The van der Waals surface area contributed by atoms with Crippen molar-refractivity contribution in [3.05, 3.63) is 11.3 Å². The van der Waals surface area contributed by atoms with Gasteiger partial charge in [0, 0.05) is 23.3 Å². The van der Waals surface area contributed by atoms with E-state index in [9.17, 15) is 19.8 Å². The fraction of sp³-hybridized carbons (Fsp3) is 0.737. The Labute approximate surface area is 168 Å². The molecule has 0 aromatic heterocycles. The zero-order chi connectivity index (χ0) is 20.6. The van der Waals surface area contributed by atoms with Gasteiger partial charge in [-0.3, -0.25) is 15.1 Å². The maximum absolute atomic E-state index is 12.8.